The number of ether oxygens (including phenoxy) is 4. The molecule has 2 aliphatic carbocycles. The van der Waals surface area contributed by atoms with Crippen molar-refractivity contribution in [2.45, 2.75) is 45.4 Å². The van der Waals surface area contributed by atoms with Crippen LogP contribution in [0.1, 0.15) is 119 Å². The van der Waals surface area contributed by atoms with Gasteiger partial charge in [0.15, 0.2) is 0 Å². The van der Waals surface area contributed by atoms with E-state index in [1.807, 2.05) is 84.9 Å². The van der Waals surface area contributed by atoms with Crippen molar-refractivity contribution in [1.82, 2.24) is 0 Å². The van der Waals surface area contributed by atoms with E-state index in [4.69, 9.17) is 14.2 Å². The minimum atomic E-state index is -0.785. The van der Waals surface area contributed by atoms with Crippen LogP contribution in [-0.2, 0) is 9.47 Å². The standard InChI is InChI=1S/C55H40O10/c1-31-26-36(16-21-41(31)38-20-25-49(45(28-38)35-10-6-3-7-11-35)63-51(57)40-18-23-43-47(30-40)55(61)65-53(43)59)32-12-14-33(15-13-32)37-19-24-48(44(27-37)34-8-4-2-5-9-34)62-50(56)39-17-22-42-46(29-39)54(60)64-52(42)58/h2-11,14,17-20,22-25,27-30,32,36H,12-13,15-16,21,26H2,1H3. The summed E-state index contributed by atoms with van der Waals surface area (Å²) in [5.74, 6) is -2.50. The first-order chi connectivity index (χ1) is 31.6. The van der Waals surface area contributed by atoms with E-state index < -0.39 is 35.8 Å². The second-order valence-electron chi connectivity index (χ2n) is 16.8. The first kappa shape index (κ1) is 41.1. The van der Waals surface area contributed by atoms with Crippen LogP contribution in [0.4, 0.5) is 0 Å². The zero-order valence-corrected chi connectivity index (χ0v) is 35.3. The Labute approximate surface area is 374 Å². The lowest BCUT2D eigenvalue weighted by Crippen LogP contribution is -2.20. The van der Waals surface area contributed by atoms with Crippen LogP contribution in [0.15, 0.2) is 145 Å². The highest BCUT2D eigenvalue weighted by Crippen LogP contribution is 2.46. The fourth-order valence-electron chi connectivity index (χ4n) is 9.55. The second kappa shape index (κ2) is 17.0. The molecule has 0 spiro atoms. The molecule has 10 rings (SSSR count). The van der Waals surface area contributed by atoms with E-state index in [1.165, 1.54) is 53.1 Å². The molecule has 6 aromatic carbocycles. The predicted octanol–water partition coefficient (Wildman–Crippen LogP) is 11.5. The van der Waals surface area contributed by atoms with Gasteiger partial charge in [0.2, 0.25) is 0 Å². The summed E-state index contributed by atoms with van der Waals surface area (Å²) in [6.07, 6.45) is 8.27. The van der Waals surface area contributed by atoms with Crippen molar-refractivity contribution in [2.24, 2.45) is 11.8 Å². The minimum absolute atomic E-state index is 0.0439. The smallest absolute Gasteiger partial charge is 0.346 e. The van der Waals surface area contributed by atoms with Gasteiger partial charge in [-0.1, -0.05) is 84.4 Å². The molecule has 6 aromatic rings. The summed E-state index contributed by atoms with van der Waals surface area (Å²) >= 11 is 0. The van der Waals surface area contributed by atoms with Crippen LogP contribution in [0.3, 0.4) is 0 Å². The van der Waals surface area contributed by atoms with Crippen molar-refractivity contribution in [3.05, 3.63) is 190 Å². The fourth-order valence-corrected chi connectivity index (χ4v) is 9.55. The average molecular weight is 861 g/mol. The molecule has 2 heterocycles. The Balaban J connectivity index is 0.844. The highest BCUT2D eigenvalue weighted by Gasteiger charge is 2.33. The number of benzene rings is 6. The molecular weight excluding hydrogens is 821 g/mol. The van der Waals surface area contributed by atoms with Crippen molar-refractivity contribution in [3.63, 3.8) is 0 Å². The molecule has 0 amide bonds. The van der Waals surface area contributed by atoms with E-state index >= 15 is 0 Å². The summed E-state index contributed by atoms with van der Waals surface area (Å²) in [4.78, 5) is 75.0. The van der Waals surface area contributed by atoms with Crippen molar-refractivity contribution in [2.75, 3.05) is 0 Å². The molecule has 0 N–H and O–H groups in total. The monoisotopic (exact) mass is 860 g/mol. The Morgan fingerprint density at radius 2 is 0.985 bits per heavy atom. The van der Waals surface area contributed by atoms with Crippen LogP contribution < -0.4 is 9.47 Å². The van der Waals surface area contributed by atoms with Gasteiger partial charge in [-0.25, -0.2) is 28.8 Å². The molecule has 0 saturated heterocycles. The average Bonchev–Trinajstić information content (AvgIpc) is 3.79. The van der Waals surface area contributed by atoms with Crippen LogP contribution in [0.5, 0.6) is 11.5 Å². The molecule has 4 aliphatic rings. The molecule has 2 aliphatic heterocycles. The highest BCUT2D eigenvalue weighted by molar-refractivity contribution is 6.16. The van der Waals surface area contributed by atoms with Gasteiger partial charge in [-0.2, -0.15) is 0 Å². The van der Waals surface area contributed by atoms with Crippen molar-refractivity contribution in [1.29, 1.82) is 0 Å². The molecule has 2 atom stereocenters. The van der Waals surface area contributed by atoms with Gasteiger partial charge in [-0.05, 0) is 151 Å². The number of fused-ring (bicyclic) bond motifs is 2. The number of cyclic esters (lactones) is 4. The minimum Gasteiger partial charge on any atom is -0.422 e. The summed E-state index contributed by atoms with van der Waals surface area (Å²) in [5, 5.41) is 0. The predicted molar refractivity (Wildman–Crippen MR) is 241 cm³/mol. The summed E-state index contributed by atoms with van der Waals surface area (Å²) in [6, 6.07) is 39.7. The number of carbonyl (C=O) groups is 6. The van der Waals surface area contributed by atoms with E-state index in [9.17, 15) is 28.8 Å². The van der Waals surface area contributed by atoms with Crippen LogP contribution in [-0.4, -0.2) is 35.8 Å². The lowest BCUT2D eigenvalue weighted by molar-refractivity contribution is 0.0425. The van der Waals surface area contributed by atoms with E-state index in [0.717, 1.165) is 71.9 Å². The molecule has 320 valence electrons. The molecule has 10 heteroatoms. The Bertz CT molecular complexity index is 3070. The summed E-state index contributed by atoms with van der Waals surface area (Å²) in [5.41, 5.74) is 10.00. The van der Waals surface area contributed by atoms with Crippen molar-refractivity contribution in [3.8, 4) is 33.8 Å². The van der Waals surface area contributed by atoms with Gasteiger partial charge in [0, 0.05) is 11.1 Å². The van der Waals surface area contributed by atoms with Crippen LogP contribution in [0.25, 0.3) is 33.4 Å². The molecule has 0 fully saturated rings. The first-order valence-corrected chi connectivity index (χ1v) is 21.6. The van der Waals surface area contributed by atoms with Gasteiger partial charge in [0.05, 0.1) is 33.4 Å². The van der Waals surface area contributed by atoms with Crippen LogP contribution in [0.2, 0.25) is 0 Å². The maximum absolute atomic E-state index is 13.4. The van der Waals surface area contributed by atoms with Crippen LogP contribution in [0, 0.1) is 11.8 Å². The highest BCUT2D eigenvalue weighted by atomic mass is 16.6. The second-order valence-corrected chi connectivity index (χ2v) is 16.8. The van der Waals surface area contributed by atoms with Crippen LogP contribution >= 0.6 is 0 Å². The SMILES string of the molecule is CC1=C(c2ccc(OC(=O)c3ccc4c(c3)C(=O)OC4=O)c(-c3ccccc3)c2)CCC(C2CC=C(c3ccc(OC(=O)c4ccc5c(c4)C(=O)OC5=O)c(-c4ccccc4)c3)CC2)C1. The summed E-state index contributed by atoms with van der Waals surface area (Å²) in [7, 11) is 0. The third kappa shape index (κ3) is 7.99. The lowest BCUT2D eigenvalue weighted by atomic mass is 9.71. The Kier molecular flexibility index (Phi) is 10.7. The zero-order chi connectivity index (χ0) is 44.8. The van der Waals surface area contributed by atoms with E-state index in [2.05, 4.69) is 29.9 Å². The third-order valence-electron chi connectivity index (χ3n) is 13.0. The first-order valence-electron chi connectivity index (χ1n) is 21.6. The number of hydrogen-bond donors (Lipinski definition) is 0. The lowest BCUT2D eigenvalue weighted by Gasteiger charge is -2.34. The number of allylic oxidation sites excluding steroid dienone is 4. The molecule has 10 nitrogen and oxygen atoms in total. The van der Waals surface area contributed by atoms with Gasteiger partial charge in [0.25, 0.3) is 0 Å². The van der Waals surface area contributed by atoms with E-state index in [0.29, 0.717) is 23.3 Å². The van der Waals surface area contributed by atoms with Gasteiger partial charge in [-0.15, -0.1) is 0 Å². The van der Waals surface area contributed by atoms with Gasteiger partial charge in [-0.3, -0.25) is 0 Å². The topological polar surface area (TPSA) is 139 Å². The number of carbonyl (C=O) groups excluding carboxylic acids is 6. The molecule has 65 heavy (non-hydrogen) atoms. The quantitative estimate of drug-likeness (QED) is 0.0784. The summed E-state index contributed by atoms with van der Waals surface area (Å²) < 4.78 is 21.3. The van der Waals surface area contributed by atoms with Gasteiger partial charge < -0.3 is 18.9 Å². The molecule has 0 radical (unpaired) electrons. The number of rotatable bonds is 9. The van der Waals surface area contributed by atoms with Gasteiger partial charge in [0.1, 0.15) is 11.5 Å². The van der Waals surface area contributed by atoms with E-state index in [-0.39, 0.29) is 33.4 Å². The molecular formula is C55H40O10. The number of hydrogen-bond acceptors (Lipinski definition) is 10. The Hall–Kier alpha value is -7.98. The zero-order valence-electron chi connectivity index (χ0n) is 35.3. The molecule has 0 saturated carbocycles. The van der Waals surface area contributed by atoms with Gasteiger partial charge >= 0.3 is 35.8 Å². The maximum atomic E-state index is 13.4. The Morgan fingerprint density at radius 1 is 0.492 bits per heavy atom. The molecule has 0 bridgehead atoms. The number of esters is 6. The van der Waals surface area contributed by atoms with E-state index in [1.54, 1.807) is 0 Å². The Morgan fingerprint density at radius 3 is 1.49 bits per heavy atom. The normalized spacial score (nSPS) is 17.8. The molecule has 0 aromatic heterocycles. The van der Waals surface area contributed by atoms with Crippen molar-refractivity contribution >= 4 is 47.0 Å². The summed E-state index contributed by atoms with van der Waals surface area (Å²) in [6.45, 7) is 2.23. The third-order valence-corrected chi connectivity index (χ3v) is 13.0. The molecule has 2 unspecified atom stereocenters. The van der Waals surface area contributed by atoms with Crippen molar-refractivity contribution < 1.29 is 47.7 Å². The largest absolute Gasteiger partial charge is 0.422 e. The maximum Gasteiger partial charge on any atom is 0.346 e. The fraction of sp³-hybridized carbons (Fsp3) is 0.164.